The molecule has 1 fully saturated rings. The third kappa shape index (κ3) is 4.82. The fraction of sp³-hybridized carbons (Fsp3) is 0.786. The summed E-state index contributed by atoms with van der Waals surface area (Å²) in [7, 11) is 0. The van der Waals surface area contributed by atoms with Gasteiger partial charge in [-0.25, -0.2) is 0 Å². The number of nitrogens with zero attached hydrogens (tertiary/aromatic N) is 1. The summed E-state index contributed by atoms with van der Waals surface area (Å²) in [6, 6.07) is 0. The van der Waals surface area contributed by atoms with E-state index in [4.69, 9.17) is 5.21 Å². The van der Waals surface area contributed by atoms with Crippen molar-refractivity contribution >= 4 is 5.71 Å². The van der Waals surface area contributed by atoms with Gasteiger partial charge in [-0.15, -0.1) is 0 Å². The van der Waals surface area contributed by atoms with Crippen molar-refractivity contribution in [1.29, 1.82) is 0 Å². The maximum absolute atomic E-state index is 8.88. The van der Waals surface area contributed by atoms with E-state index >= 15 is 0 Å². The molecule has 0 amide bonds. The Hall–Kier alpha value is -0.790. The van der Waals surface area contributed by atoms with E-state index in [2.05, 4.69) is 18.2 Å². The number of hydrogen-bond donors (Lipinski definition) is 1. The van der Waals surface area contributed by atoms with Crippen molar-refractivity contribution in [2.45, 2.75) is 71.1 Å². The zero-order valence-electron chi connectivity index (χ0n) is 10.5. The molecule has 1 aliphatic rings. The zero-order chi connectivity index (χ0) is 11.6. The summed E-state index contributed by atoms with van der Waals surface area (Å²) in [5.74, 6) is 0. The fourth-order valence-corrected chi connectivity index (χ4v) is 2.27. The average molecular weight is 223 g/mol. The topological polar surface area (TPSA) is 32.6 Å². The van der Waals surface area contributed by atoms with Crippen LogP contribution in [0.25, 0.3) is 0 Å². The molecule has 92 valence electrons. The number of hydrogen-bond acceptors (Lipinski definition) is 2. The van der Waals surface area contributed by atoms with Gasteiger partial charge in [0.2, 0.25) is 0 Å². The molecule has 0 aromatic heterocycles. The molecule has 16 heavy (non-hydrogen) atoms. The molecule has 0 saturated heterocycles. The van der Waals surface area contributed by atoms with Crippen molar-refractivity contribution in [3.63, 3.8) is 0 Å². The maximum atomic E-state index is 8.88. The zero-order valence-corrected chi connectivity index (χ0v) is 10.5. The van der Waals surface area contributed by atoms with Crippen molar-refractivity contribution < 1.29 is 5.21 Å². The molecule has 0 spiro atoms. The molecule has 0 atom stereocenters. The molecule has 0 unspecified atom stereocenters. The highest BCUT2D eigenvalue weighted by Crippen LogP contribution is 2.21. The molecule has 0 aromatic carbocycles. The molecule has 1 rings (SSSR count). The first-order valence-corrected chi connectivity index (χ1v) is 6.78. The van der Waals surface area contributed by atoms with Gasteiger partial charge >= 0.3 is 0 Å². The lowest BCUT2D eigenvalue weighted by Gasteiger charge is -2.15. The van der Waals surface area contributed by atoms with Crippen LogP contribution in [0.1, 0.15) is 71.1 Å². The van der Waals surface area contributed by atoms with Crippen LogP contribution in [0.15, 0.2) is 16.8 Å². The minimum atomic E-state index is 0.930. The summed E-state index contributed by atoms with van der Waals surface area (Å²) in [5, 5.41) is 12.3. The lowest BCUT2D eigenvalue weighted by Crippen LogP contribution is -2.09. The van der Waals surface area contributed by atoms with E-state index < -0.39 is 0 Å². The smallest absolute Gasteiger partial charge is 0.0824 e. The van der Waals surface area contributed by atoms with Gasteiger partial charge < -0.3 is 5.21 Å². The summed E-state index contributed by atoms with van der Waals surface area (Å²) in [6.07, 6.45) is 14.6. The van der Waals surface area contributed by atoms with E-state index in [0.29, 0.717) is 0 Å². The van der Waals surface area contributed by atoms with Crippen molar-refractivity contribution in [3.8, 4) is 0 Å². The van der Waals surface area contributed by atoms with Crippen LogP contribution in [0.3, 0.4) is 0 Å². The lowest BCUT2D eigenvalue weighted by molar-refractivity contribution is 0.316. The Morgan fingerprint density at radius 3 is 2.62 bits per heavy atom. The van der Waals surface area contributed by atoms with Gasteiger partial charge in [-0.1, -0.05) is 43.8 Å². The average Bonchev–Trinajstić information content (AvgIpc) is 2.34. The fourth-order valence-electron chi connectivity index (χ4n) is 2.27. The third-order valence-electron chi connectivity index (χ3n) is 3.30. The Bertz CT molecular complexity index is 243. The Morgan fingerprint density at radius 1 is 1.12 bits per heavy atom. The Morgan fingerprint density at radius 2 is 1.88 bits per heavy atom. The monoisotopic (exact) mass is 223 g/mol. The Labute approximate surface area is 99.4 Å². The van der Waals surface area contributed by atoms with E-state index in [1.54, 1.807) is 0 Å². The van der Waals surface area contributed by atoms with Crippen LogP contribution >= 0.6 is 0 Å². The normalized spacial score (nSPS) is 21.8. The van der Waals surface area contributed by atoms with Crippen LogP contribution in [0.2, 0.25) is 0 Å². The lowest BCUT2D eigenvalue weighted by atomic mass is 9.92. The predicted octanol–water partition coefficient (Wildman–Crippen LogP) is 4.68. The van der Waals surface area contributed by atoms with Crippen LogP contribution in [-0.4, -0.2) is 10.9 Å². The highest BCUT2D eigenvalue weighted by atomic mass is 16.4. The van der Waals surface area contributed by atoms with Crippen molar-refractivity contribution in [1.82, 2.24) is 0 Å². The van der Waals surface area contributed by atoms with Gasteiger partial charge in [0.05, 0.1) is 5.71 Å². The minimum Gasteiger partial charge on any atom is -0.411 e. The summed E-state index contributed by atoms with van der Waals surface area (Å²) < 4.78 is 0. The largest absolute Gasteiger partial charge is 0.411 e. The van der Waals surface area contributed by atoms with Crippen molar-refractivity contribution in [2.24, 2.45) is 5.16 Å². The van der Waals surface area contributed by atoms with Gasteiger partial charge in [0.1, 0.15) is 0 Å². The first-order valence-electron chi connectivity index (χ1n) is 6.78. The second-order valence-electron chi connectivity index (χ2n) is 4.69. The molecule has 0 bridgehead atoms. The van der Waals surface area contributed by atoms with Gasteiger partial charge in [0, 0.05) is 0 Å². The van der Waals surface area contributed by atoms with Gasteiger partial charge in [-0.3, -0.25) is 0 Å². The van der Waals surface area contributed by atoms with E-state index in [-0.39, 0.29) is 0 Å². The van der Waals surface area contributed by atoms with E-state index in [1.807, 2.05) is 0 Å². The van der Waals surface area contributed by atoms with Crippen LogP contribution in [0, 0.1) is 0 Å². The summed E-state index contributed by atoms with van der Waals surface area (Å²) in [4.78, 5) is 0. The minimum absolute atomic E-state index is 0.930. The van der Waals surface area contributed by atoms with Crippen LogP contribution < -0.4 is 0 Å². The van der Waals surface area contributed by atoms with Crippen molar-refractivity contribution in [2.75, 3.05) is 0 Å². The Balaban J connectivity index is 2.21. The molecule has 2 nitrogen and oxygen atoms in total. The van der Waals surface area contributed by atoms with E-state index in [1.165, 1.54) is 50.5 Å². The standard InChI is InChI=1S/C14H25NO/c1-2-3-4-5-6-7-10-13-11-8-9-12-14(13)15-16/h10,16H,2-9,11-12H2,1H3. The molecule has 0 radical (unpaired) electrons. The summed E-state index contributed by atoms with van der Waals surface area (Å²) >= 11 is 0. The molecule has 1 N–H and O–H groups in total. The molecule has 0 heterocycles. The molecule has 2 heteroatoms. The van der Waals surface area contributed by atoms with Gasteiger partial charge in [-0.2, -0.15) is 0 Å². The summed E-state index contributed by atoms with van der Waals surface area (Å²) in [6.45, 7) is 2.24. The van der Waals surface area contributed by atoms with E-state index in [0.717, 1.165) is 25.0 Å². The summed E-state index contributed by atoms with van der Waals surface area (Å²) in [5.41, 5.74) is 2.23. The first kappa shape index (κ1) is 13.3. The highest BCUT2D eigenvalue weighted by molar-refractivity contribution is 6.00. The second kappa shape index (κ2) is 8.37. The number of rotatable bonds is 6. The van der Waals surface area contributed by atoms with Gasteiger partial charge in [0.25, 0.3) is 0 Å². The number of allylic oxidation sites excluding steroid dienone is 2. The third-order valence-corrected chi connectivity index (χ3v) is 3.30. The SMILES string of the molecule is CCCCCCCC=C1CCCCC1=NO. The number of unbranched alkanes of at least 4 members (excludes halogenated alkanes) is 5. The Kier molecular flexibility index (Phi) is 6.95. The van der Waals surface area contributed by atoms with Crippen LogP contribution in [-0.2, 0) is 0 Å². The quantitative estimate of drug-likeness (QED) is 0.396. The molecular formula is C14H25NO. The predicted molar refractivity (Wildman–Crippen MR) is 69.1 cm³/mol. The molecule has 0 aliphatic heterocycles. The molecule has 1 aliphatic carbocycles. The van der Waals surface area contributed by atoms with E-state index in [9.17, 15) is 0 Å². The van der Waals surface area contributed by atoms with Crippen LogP contribution in [0.5, 0.6) is 0 Å². The molecular weight excluding hydrogens is 198 g/mol. The molecule has 0 aromatic rings. The maximum Gasteiger partial charge on any atom is 0.0824 e. The number of oxime groups is 1. The molecule has 1 saturated carbocycles. The van der Waals surface area contributed by atoms with Crippen molar-refractivity contribution in [3.05, 3.63) is 11.6 Å². The van der Waals surface area contributed by atoms with Crippen LogP contribution in [0.4, 0.5) is 0 Å². The highest BCUT2D eigenvalue weighted by Gasteiger charge is 2.12. The first-order chi connectivity index (χ1) is 7.88. The van der Waals surface area contributed by atoms with Gasteiger partial charge in [0.15, 0.2) is 0 Å². The van der Waals surface area contributed by atoms with Gasteiger partial charge in [-0.05, 0) is 44.1 Å². The second-order valence-corrected chi connectivity index (χ2v) is 4.69.